The minimum absolute atomic E-state index is 0. The highest BCUT2D eigenvalue weighted by Gasteiger charge is 2.20. The molecule has 5 aromatic carbocycles. The average molecular weight is 1460 g/mol. The Morgan fingerprint density at radius 3 is 0.676 bits per heavy atom. The Bertz CT molecular complexity index is 2150. The number of allylic oxidation sites excluding steroid dienone is 2. The third-order valence-corrected chi connectivity index (χ3v) is 16.0. The lowest BCUT2D eigenvalue weighted by molar-refractivity contribution is 0.234. The summed E-state index contributed by atoms with van der Waals surface area (Å²) in [4.78, 5) is 3.93. The number of pyridine rings is 1. The molecular formula is C104H195N. The molecule has 1 unspecified atom stereocenters. The third kappa shape index (κ3) is 81.4. The van der Waals surface area contributed by atoms with E-state index >= 15 is 0 Å². The van der Waals surface area contributed by atoms with Crippen molar-refractivity contribution in [2.45, 2.75) is 424 Å². The molecule has 2 aliphatic rings. The maximum absolute atomic E-state index is 3.93. The van der Waals surface area contributed by atoms with Crippen molar-refractivity contribution < 1.29 is 0 Å². The van der Waals surface area contributed by atoms with Crippen LogP contribution in [-0.4, -0.2) is 4.98 Å². The molecule has 1 atom stereocenters. The predicted molar refractivity (Wildman–Crippen MR) is 502 cm³/mol. The maximum Gasteiger partial charge on any atom is 0.0270 e. The summed E-state index contributed by atoms with van der Waals surface area (Å²) in [7, 11) is 0. The van der Waals surface area contributed by atoms with Gasteiger partial charge in [-0.15, -0.1) is 0 Å². The van der Waals surface area contributed by atoms with E-state index in [4.69, 9.17) is 0 Å². The number of nitrogens with zero attached hydrogens (tertiary/aromatic N) is 1. The zero-order valence-electron chi connectivity index (χ0n) is 78.9. The van der Waals surface area contributed by atoms with Crippen LogP contribution in [0.4, 0.5) is 0 Å². The first kappa shape index (κ1) is 127. The smallest absolute Gasteiger partial charge is 0.0270 e. The van der Waals surface area contributed by atoms with Crippen molar-refractivity contribution in [3.63, 3.8) is 0 Å². The zero-order valence-corrected chi connectivity index (χ0v) is 78.9. The monoisotopic (exact) mass is 1460 g/mol. The summed E-state index contributed by atoms with van der Waals surface area (Å²) in [5.74, 6) is 7.81. The summed E-state index contributed by atoms with van der Waals surface area (Å²) < 4.78 is 0. The summed E-state index contributed by atoms with van der Waals surface area (Å²) in [5, 5.41) is 0. The number of hydrogen-bond acceptors (Lipinski definition) is 1. The van der Waals surface area contributed by atoms with Crippen molar-refractivity contribution in [1.82, 2.24) is 4.98 Å². The van der Waals surface area contributed by atoms with Gasteiger partial charge in [0.15, 0.2) is 0 Å². The second-order valence-electron chi connectivity index (χ2n) is 26.6. The Morgan fingerprint density at radius 2 is 0.514 bits per heavy atom. The molecule has 0 amide bonds. The predicted octanol–water partition coefficient (Wildman–Crippen LogP) is 37.4. The Kier molecular flexibility index (Phi) is 119. The van der Waals surface area contributed by atoms with Gasteiger partial charge in [0.25, 0.3) is 0 Å². The third-order valence-electron chi connectivity index (χ3n) is 16.0. The van der Waals surface area contributed by atoms with Crippen LogP contribution < -0.4 is 0 Å². The summed E-state index contributed by atoms with van der Waals surface area (Å²) in [6, 6.07) is 50.2. The Morgan fingerprint density at radius 1 is 0.295 bits per heavy atom. The largest absolute Gasteiger partial charge is 0.265 e. The van der Waals surface area contributed by atoms with Crippen LogP contribution in [-0.2, 0) is 25.7 Å². The molecule has 0 spiro atoms. The molecule has 1 heteroatoms. The zero-order chi connectivity index (χ0) is 83.4. The van der Waals surface area contributed by atoms with Gasteiger partial charge in [-0.2, -0.15) is 0 Å². The fourth-order valence-corrected chi connectivity index (χ4v) is 9.19. The lowest BCUT2D eigenvalue weighted by atomic mass is 9.78. The van der Waals surface area contributed by atoms with Gasteiger partial charge in [0, 0.05) is 12.4 Å². The van der Waals surface area contributed by atoms with Crippen LogP contribution in [0.3, 0.4) is 0 Å². The highest BCUT2D eigenvalue weighted by molar-refractivity contribution is 5.27. The second kappa shape index (κ2) is 99.0. The van der Waals surface area contributed by atoms with Crippen molar-refractivity contribution >= 4 is 0 Å². The van der Waals surface area contributed by atoms with Crippen LogP contribution in [0.15, 0.2) is 164 Å². The molecule has 1 aromatic heterocycles. The summed E-state index contributed by atoms with van der Waals surface area (Å²) in [6.07, 6.45) is 23.0. The van der Waals surface area contributed by atoms with Crippen LogP contribution in [0.2, 0.25) is 0 Å². The van der Waals surface area contributed by atoms with E-state index in [1.54, 1.807) is 5.57 Å². The van der Waals surface area contributed by atoms with Crippen molar-refractivity contribution in [2.75, 3.05) is 0 Å². The fourth-order valence-electron chi connectivity index (χ4n) is 9.19. The number of benzene rings is 5. The van der Waals surface area contributed by atoms with Crippen LogP contribution in [0.1, 0.15) is 454 Å². The van der Waals surface area contributed by atoms with Gasteiger partial charge >= 0.3 is 0 Å². The number of aromatic nitrogens is 1. The van der Waals surface area contributed by atoms with Crippen molar-refractivity contribution in [1.29, 1.82) is 0 Å². The highest BCUT2D eigenvalue weighted by atomic mass is 14.6. The van der Waals surface area contributed by atoms with E-state index in [-0.39, 0.29) is 7.43 Å². The molecule has 1 nitrogen and oxygen atoms in total. The van der Waals surface area contributed by atoms with Gasteiger partial charge < -0.3 is 0 Å². The fraction of sp³-hybridized carbons (Fsp3) is 0.644. The van der Waals surface area contributed by atoms with Gasteiger partial charge in [0.2, 0.25) is 0 Å². The van der Waals surface area contributed by atoms with Gasteiger partial charge in [0.1, 0.15) is 0 Å². The minimum Gasteiger partial charge on any atom is -0.265 e. The summed E-state index contributed by atoms with van der Waals surface area (Å²) >= 11 is 0. The molecule has 1 fully saturated rings. The summed E-state index contributed by atoms with van der Waals surface area (Å²) in [6.45, 7) is 91.4. The van der Waals surface area contributed by atoms with Gasteiger partial charge in [0.05, 0.1) is 0 Å². The Balaban J connectivity index is -0.0000000902. The normalized spacial score (nSPS) is 12.6. The summed E-state index contributed by atoms with van der Waals surface area (Å²) in [5.41, 5.74) is 15.8. The molecule has 8 rings (SSSR count). The van der Waals surface area contributed by atoms with Crippen molar-refractivity contribution in [3.8, 4) is 0 Å². The van der Waals surface area contributed by atoms with E-state index < -0.39 is 0 Å². The first-order valence-electron chi connectivity index (χ1n) is 43.8. The number of rotatable bonds is 11. The van der Waals surface area contributed by atoms with Gasteiger partial charge in [-0.3, -0.25) is 4.98 Å². The topological polar surface area (TPSA) is 12.9 Å². The van der Waals surface area contributed by atoms with E-state index in [1.807, 2.05) is 155 Å². The van der Waals surface area contributed by atoms with Gasteiger partial charge in [-0.05, 0) is 192 Å². The molecule has 6 aromatic rings. The molecule has 0 aliphatic heterocycles. The van der Waals surface area contributed by atoms with E-state index in [0.29, 0.717) is 35.5 Å². The molecule has 1 saturated carbocycles. The first-order valence-corrected chi connectivity index (χ1v) is 43.8. The molecule has 1 heterocycles. The highest BCUT2D eigenvalue weighted by Crippen LogP contribution is 2.32. The second-order valence-corrected chi connectivity index (χ2v) is 26.6. The molecular weight excluding hydrogens is 1260 g/mol. The molecule has 0 bridgehead atoms. The molecule has 0 N–H and O–H groups in total. The SMILES string of the molecule is C.CC.CC.CC.CC.CC.CC.CC.CC.CC.CC(C)c1ccccc1.CC(C)c1ccncc1.CC1=CCC(C)CC1.CC1CCC(C(C)C)CC1.CCC.CCC.CCc1ccc(C(C)C)cc1.CCc1ccc(C(C)C)cc1.CCc1ccc(C(C)C)cc1.CCc1ccc(C(C)C)cc1. The Hall–Kier alpha value is -5.01. The lowest BCUT2D eigenvalue weighted by Crippen LogP contribution is -2.16. The minimum atomic E-state index is 0. The Labute approximate surface area is 668 Å². The van der Waals surface area contributed by atoms with Gasteiger partial charge in [-0.25, -0.2) is 0 Å². The molecule has 2 aliphatic carbocycles. The van der Waals surface area contributed by atoms with E-state index in [1.165, 1.54) is 113 Å². The number of aryl methyl sites for hydroxylation is 4. The lowest BCUT2D eigenvalue weighted by Gasteiger charge is -2.28. The standard InChI is InChI=1S/4C11H16.C10H20.C9H12.C8H11N.C8H14.2C3H8.9C2H6.CH4/c4*1-4-10-5-7-11(8-6-10)9(2)3;1-8(2)10-6-4-9(3)5-7-10;1-8(2)9-6-4-3-5-7-9;1-7(2)8-3-5-9-6-4-8;1-7-3-5-8(2)6-4-7;2*1-3-2;9*1-2;/h4*5-9H,4H2,1-3H3;8-10H,4-7H2,1-3H3;3-8H,1-2H3;3-7H,1-2H3;3,8H,4-6H2,1-2H3;2*3H2,1-2H3;9*1-2H3;1H4. The van der Waals surface area contributed by atoms with E-state index in [9.17, 15) is 0 Å². The first-order chi connectivity index (χ1) is 49.9. The van der Waals surface area contributed by atoms with Crippen LogP contribution >= 0.6 is 0 Å². The van der Waals surface area contributed by atoms with E-state index in [2.05, 4.69) is 305 Å². The molecule has 616 valence electrons. The van der Waals surface area contributed by atoms with Crippen LogP contribution in [0.25, 0.3) is 0 Å². The number of hydrogen-bond donors (Lipinski definition) is 0. The average Bonchev–Trinajstić information content (AvgIpc) is 0.912. The van der Waals surface area contributed by atoms with Crippen molar-refractivity contribution in [2.24, 2.45) is 23.7 Å². The van der Waals surface area contributed by atoms with E-state index in [0.717, 1.165) is 49.4 Å². The molecule has 0 saturated heterocycles. The van der Waals surface area contributed by atoms with Gasteiger partial charge in [-0.1, -0.05) is 463 Å². The quantitative estimate of drug-likeness (QED) is 0.118. The molecule has 0 radical (unpaired) electrons. The van der Waals surface area contributed by atoms with Crippen molar-refractivity contribution in [3.05, 3.63) is 219 Å². The maximum atomic E-state index is 3.93. The van der Waals surface area contributed by atoms with Crippen LogP contribution in [0, 0.1) is 23.7 Å². The van der Waals surface area contributed by atoms with Crippen LogP contribution in [0.5, 0.6) is 0 Å². The molecule has 105 heavy (non-hydrogen) atoms.